The predicted molar refractivity (Wildman–Crippen MR) is 69.0 cm³/mol. The maximum atomic E-state index is 11.9. The van der Waals surface area contributed by atoms with Crippen molar-refractivity contribution >= 4 is 11.8 Å². The van der Waals surface area contributed by atoms with E-state index in [1.54, 1.807) is 25.4 Å². The molecule has 0 spiro atoms. The first-order chi connectivity index (χ1) is 8.54. The Kier molecular flexibility index (Phi) is 5.30. The van der Waals surface area contributed by atoms with Gasteiger partial charge >= 0.3 is 0 Å². The van der Waals surface area contributed by atoms with Crippen LogP contribution in [0.25, 0.3) is 0 Å². The lowest BCUT2D eigenvalue weighted by molar-refractivity contribution is -0.122. The Hall–Kier alpha value is -1.91. The van der Waals surface area contributed by atoms with Crippen molar-refractivity contribution in [2.45, 2.75) is 26.3 Å². The minimum Gasteiger partial charge on any atom is -0.357 e. The molecule has 98 valence electrons. The molecule has 0 aliphatic carbocycles. The number of aromatic nitrogens is 1. The molecule has 5 nitrogen and oxygen atoms in total. The molecular formula is C13H19N3O2. The Morgan fingerprint density at radius 3 is 2.61 bits per heavy atom. The second-order valence-electron chi connectivity index (χ2n) is 4.51. The van der Waals surface area contributed by atoms with Gasteiger partial charge in [-0.15, -0.1) is 0 Å². The van der Waals surface area contributed by atoms with Gasteiger partial charge in [-0.25, -0.2) is 0 Å². The second kappa shape index (κ2) is 6.74. The third kappa shape index (κ3) is 4.16. The zero-order chi connectivity index (χ0) is 13.5. The van der Waals surface area contributed by atoms with Crippen LogP contribution in [-0.4, -0.2) is 29.9 Å². The molecule has 1 aromatic heterocycles. The molecule has 0 aromatic carbocycles. The maximum Gasteiger partial charge on any atom is 0.253 e. The zero-order valence-electron chi connectivity index (χ0n) is 10.9. The number of carbonyl (C=O) groups is 2. The van der Waals surface area contributed by atoms with Crippen molar-refractivity contribution in [2.24, 2.45) is 5.92 Å². The summed E-state index contributed by atoms with van der Waals surface area (Å²) in [7, 11) is 1.56. The van der Waals surface area contributed by atoms with Gasteiger partial charge in [-0.1, -0.05) is 13.8 Å². The van der Waals surface area contributed by atoms with Gasteiger partial charge in [0, 0.05) is 19.4 Å². The van der Waals surface area contributed by atoms with Crippen LogP contribution in [0.3, 0.4) is 0 Å². The number of nitrogens with zero attached hydrogens (tertiary/aromatic N) is 1. The standard InChI is InChI=1S/C13H19N3O2/c1-9(2)7-11(13(18)14-3)16-12(17)10-5-4-6-15-8-10/h4-6,8-9,11H,7H2,1-3H3,(H,14,18)(H,16,17). The largest absolute Gasteiger partial charge is 0.357 e. The van der Waals surface area contributed by atoms with E-state index in [0.717, 1.165) is 0 Å². The van der Waals surface area contributed by atoms with Crippen LogP contribution in [0.15, 0.2) is 24.5 Å². The molecule has 18 heavy (non-hydrogen) atoms. The quantitative estimate of drug-likeness (QED) is 0.817. The molecule has 5 heteroatoms. The summed E-state index contributed by atoms with van der Waals surface area (Å²) in [6.45, 7) is 4.01. The number of nitrogens with one attached hydrogen (secondary N) is 2. The zero-order valence-corrected chi connectivity index (χ0v) is 10.9. The van der Waals surface area contributed by atoms with Crippen LogP contribution in [0.1, 0.15) is 30.6 Å². The van der Waals surface area contributed by atoms with Gasteiger partial charge in [-0.3, -0.25) is 14.6 Å². The summed E-state index contributed by atoms with van der Waals surface area (Å²) >= 11 is 0. The second-order valence-corrected chi connectivity index (χ2v) is 4.51. The van der Waals surface area contributed by atoms with E-state index in [4.69, 9.17) is 0 Å². The first-order valence-electron chi connectivity index (χ1n) is 5.97. The summed E-state index contributed by atoms with van der Waals surface area (Å²) in [5.74, 6) is -0.139. The van der Waals surface area contributed by atoms with Crippen molar-refractivity contribution in [3.05, 3.63) is 30.1 Å². The van der Waals surface area contributed by atoms with Crippen LogP contribution >= 0.6 is 0 Å². The van der Waals surface area contributed by atoms with Gasteiger partial charge in [0.25, 0.3) is 5.91 Å². The minimum atomic E-state index is -0.511. The Morgan fingerprint density at radius 2 is 2.11 bits per heavy atom. The van der Waals surface area contributed by atoms with Crippen molar-refractivity contribution in [3.63, 3.8) is 0 Å². The van der Waals surface area contributed by atoms with Gasteiger partial charge < -0.3 is 10.6 Å². The highest BCUT2D eigenvalue weighted by Gasteiger charge is 2.21. The number of hydrogen-bond donors (Lipinski definition) is 2. The van der Waals surface area contributed by atoms with Gasteiger partial charge in [0.05, 0.1) is 5.56 Å². The van der Waals surface area contributed by atoms with Crippen LogP contribution in [0.4, 0.5) is 0 Å². The normalized spacial score (nSPS) is 12.0. The molecule has 0 saturated carbocycles. The molecule has 1 unspecified atom stereocenters. The number of rotatable bonds is 5. The Bertz CT molecular complexity index is 404. The fraction of sp³-hybridized carbons (Fsp3) is 0.462. The van der Waals surface area contributed by atoms with E-state index >= 15 is 0 Å². The highest BCUT2D eigenvalue weighted by Crippen LogP contribution is 2.06. The fourth-order valence-electron chi connectivity index (χ4n) is 1.62. The van der Waals surface area contributed by atoms with E-state index in [0.29, 0.717) is 17.9 Å². The number of carbonyl (C=O) groups excluding carboxylic acids is 2. The summed E-state index contributed by atoms with van der Waals surface area (Å²) < 4.78 is 0. The lowest BCUT2D eigenvalue weighted by atomic mass is 10.0. The van der Waals surface area contributed by atoms with Crippen molar-refractivity contribution < 1.29 is 9.59 Å². The highest BCUT2D eigenvalue weighted by molar-refractivity contribution is 5.97. The van der Waals surface area contributed by atoms with Gasteiger partial charge in [0.1, 0.15) is 6.04 Å². The molecule has 1 aromatic rings. The molecule has 1 heterocycles. The van der Waals surface area contributed by atoms with Gasteiger partial charge in [-0.05, 0) is 24.5 Å². The fourth-order valence-corrected chi connectivity index (χ4v) is 1.62. The van der Waals surface area contributed by atoms with Gasteiger partial charge in [-0.2, -0.15) is 0 Å². The van der Waals surface area contributed by atoms with Crippen LogP contribution in [0.2, 0.25) is 0 Å². The third-order valence-corrected chi connectivity index (χ3v) is 2.50. The first kappa shape index (κ1) is 14.2. The summed E-state index contributed by atoms with van der Waals surface area (Å²) in [5.41, 5.74) is 0.454. The smallest absolute Gasteiger partial charge is 0.253 e. The molecule has 0 saturated heterocycles. The van der Waals surface area contributed by atoms with E-state index in [-0.39, 0.29) is 11.8 Å². The van der Waals surface area contributed by atoms with E-state index < -0.39 is 6.04 Å². The van der Waals surface area contributed by atoms with E-state index in [2.05, 4.69) is 15.6 Å². The predicted octanol–water partition coefficient (Wildman–Crippen LogP) is 0.972. The monoisotopic (exact) mass is 249 g/mol. The first-order valence-corrected chi connectivity index (χ1v) is 5.97. The molecule has 2 amide bonds. The third-order valence-electron chi connectivity index (χ3n) is 2.50. The molecule has 0 bridgehead atoms. The van der Waals surface area contributed by atoms with Crippen LogP contribution in [0, 0.1) is 5.92 Å². The lowest BCUT2D eigenvalue weighted by Gasteiger charge is -2.19. The minimum absolute atomic E-state index is 0.180. The molecule has 0 radical (unpaired) electrons. The number of amides is 2. The highest BCUT2D eigenvalue weighted by atomic mass is 16.2. The van der Waals surface area contributed by atoms with E-state index in [1.165, 1.54) is 6.20 Å². The lowest BCUT2D eigenvalue weighted by Crippen LogP contribution is -2.46. The van der Waals surface area contributed by atoms with E-state index in [1.807, 2.05) is 13.8 Å². The number of pyridine rings is 1. The van der Waals surface area contributed by atoms with Gasteiger partial charge in [0.15, 0.2) is 0 Å². The van der Waals surface area contributed by atoms with Crippen molar-refractivity contribution in [3.8, 4) is 0 Å². The Balaban J connectivity index is 2.71. The summed E-state index contributed by atoms with van der Waals surface area (Å²) in [4.78, 5) is 27.5. The summed E-state index contributed by atoms with van der Waals surface area (Å²) in [5, 5.41) is 5.28. The Labute approximate surface area is 107 Å². The number of hydrogen-bond acceptors (Lipinski definition) is 3. The molecule has 0 aliphatic heterocycles. The van der Waals surface area contributed by atoms with E-state index in [9.17, 15) is 9.59 Å². The maximum absolute atomic E-state index is 11.9. The van der Waals surface area contributed by atoms with Crippen LogP contribution < -0.4 is 10.6 Å². The topological polar surface area (TPSA) is 71.1 Å². The summed E-state index contributed by atoms with van der Waals surface area (Å²) in [6.07, 6.45) is 3.68. The average Bonchev–Trinajstić information content (AvgIpc) is 2.37. The van der Waals surface area contributed by atoms with Gasteiger partial charge in [0.2, 0.25) is 5.91 Å². The van der Waals surface area contributed by atoms with Crippen LogP contribution in [-0.2, 0) is 4.79 Å². The Morgan fingerprint density at radius 1 is 1.39 bits per heavy atom. The number of likely N-dealkylation sites (N-methyl/N-ethyl adjacent to an activating group) is 1. The van der Waals surface area contributed by atoms with Crippen molar-refractivity contribution in [2.75, 3.05) is 7.05 Å². The molecule has 2 N–H and O–H groups in total. The van der Waals surface area contributed by atoms with Crippen LogP contribution in [0.5, 0.6) is 0 Å². The average molecular weight is 249 g/mol. The molecular weight excluding hydrogens is 230 g/mol. The van der Waals surface area contributed by atoms with Crippen molar-refractivity contribution in [1.29, 1.82) is 0 Å². The molecule has 1 rings (SSSR count). The molecule has 0 aliphatic rings. The SMILES string of the molecule is CNC(=O)C(CC(C)C)NC(=O)c1cccnc1. The summed E-state index contributed by atoms with van der Waals surface area (Å²) in [6, 6.07) is 2.84. The molecule has 1 atom stereocenters. The molecule has 0 fully saturated rings. The van der Waals surface area contributed by atoms with Crippen molar-refractivity contribution in [1.82, 2.24) is 15.6 Å².